The molecule has 1 aromatic rings. The second kappa shape index (κ2) is 19.8. The van der Waals surface area contributed by atoms with Crippen molar-refractivity contribution in [1.29, 1.82) is 0 Å². The predicted molar refractivity (Wildman–Crippen MR) is 152 cm³/mol. The van der Waals surface area contributed by atoms with Crippen molar-refractivity contribution in [2.75, 3.05) is 33.4 Å². The lowest BCUT2D eigenvalue weighted by Gasteiger charge is -2.27. The highest BCUT2D eigenvalue weighted by atomic mass is 127. The van der Waals surface area contributed by atoms with Crippen molar-refractivity contribution >= 4 is 46.8 Å². The third-order valence-electron chi connectivity index (χ3n) is 5.50. The zero-order chi connectivity index (χ0) is 26.8. The summed E-state index contributed by atoms with van der Waals surface area (Å²) in [7, 11) is 1.31. The number of benzene rings is 1. The summed E-state index contributed by atoms with van der Waals surface area (Å²) in [6, 6.07) is 10.3. The van der Waals surface area contributed by atoms with Gasteiger partial charge < -0.3 is 23.8 Å². The lowest BCUT2D eigenvalue weighted by molar-refractivity contribution is -0.139. The Morgan fingerprint density at radius 2 is 1.89 bits per heavy atom. The lowest BCUT2D eigenvalue weighted by atomic mass is 10.1. The molecule has 3 rings (SSSR count). The number of rotatable bonds is 11. The van der Waals surface area contributed by atoms with E-state index in [1.54, 1.807) is 4.90 Å². The lowest BCUT2D eigenvalue weighted by Crippen LogP contribution is -2.43. The van der Waals surface area contributed by atoms with Gasteiger partial charge in [-0.2, -0.15) is 0 Å². The van der Waals surface area contributed by atoms with Crippen molar-refractivity contribution in [3.8, 4) is 0 Å². The Kier molecular flexibility index (Phi) is 18.0. The normalized spacial score (nSPS) is 19.2. The zero-order valence-corrected chi connectivity index (χ0v) is 25.1. The smallest absolute Gasteiger partial charge is 0.292 e. The standard InChI is InChI=1S/C20H28IN2O4P.C4H10.C2H4O2/c21-28-27-18-10-11-22(13-18)20(25)14-23-17(8-9-19(23)24)7-4-12-26-15-16-5-2-1-3-6-16;1-4(2)3;1-4-2-3/h1-3,5-6,17-18,28H,4,7-15H2;4H,1-3H3;2H,1H3/t17?,18-;;/m1../s1. The first-order valence-electron chi connectivity index (χ1n) is 12.5. The fraction of sp³-hybridized carbons (Fsp3) is 0.654. The number of methoxy groups -OCH3 is 1. The summed E-state index contributed by atoms with van der Waals surface area (Å²) in [5.74, 6) is 0.979. The van der Waals surface area contributed by atoms with Crippen LogP contribution in [0.4, 0.5) is 0 Å². The number of ether oxygens (including phenoxy) is 2. The van der Waals surface area contributed by atoms with Crippen molar-refractivity contribution in [3.05, 3.63) is 35.9 Å². The molecule has 3 atom stereocenters. The second-order valence-corrected chi connectivity index (χ2v) is 11.1. The highest BCUT2D eigenvalue weighted by Crippen LogP contribution is 2.28. The van der Waals surface area contributed by atoms with Crippen LogP contribution in [0.15, 0.2) is 30.3 Å². The van der Waals surface area contributed by atoms with Crippen molar-refractivity contribution in [2.24, 2.45) is 5.92 Å². The van der Waals surface area contributed by atoms with Crippen LogP contribution in [-0.2, 0) is 35.0 Å². The third kappa shape index (κ3) is 13.9. The number of halogens is 1. The van der Waals surface area contributed by atoms with Crippen LogP contribution < -0.4 is 0 Å². The maximum atomic E-state index is 12.6. The van der Waals surface area contributed by atoms with Crippen molar-refractivity contribution < 1.29 is 28.4 Å². The number of hydrogen-bond acceptors (Lipinski definition) is 6. The maximum Gasteiger partial charge on any atom is 0.292 e. The molecule has 2 saturated heterocycles. The molecule has 2 fully saturated rings. The minimum absolute atomic E-state index is 0.0449. The van der Waals surface area contributed by atoms with Crippen LogP contribution in [0.5, 0.6) is 0 Å². The van der Waals surface area contributed by atoms with Gasteiger partial charge in [-0.25, -0.2) is 0 Å². The number of amides is 2. The Morgan fingerprint density at radius 3 is 2.50 bits per heavy atom. The van der Waals surface area contributed by atoms with Crippen LogP contribution in [0.25, 0.3) is 0 Å². The van der Waals surface area contributed by atoms with E-state index < -0.39 is 0 Å². The molecule has 2 aliphatic heterocycles. The van der Waals surface area contributed by atoms with Gasteiger partial charge in [0, 0.05) is 32.2 Å². The fourth-order valence-electron chi connectivity index (χ4n) is 3.86. The van der Waals surface area contributed by atoms with Gasteiger partial charge in [-0.3, -0.25) is 14.4 Å². The summed E-state index contributed by atoms with van der Waals surface area (Å²) in [6.07, 6.45) is 4.20. The van der Waals surface area contributed by atoms with Gasteiger partial charge in [-0.05, 0) is 59.2 Å². The van der Waals surface area contributed by atoms with Crippen molar-refractivity contribution in [1.82, 2.24) is 9.80 Å². The van der Waals surface area contributed by atoms with E-state index in [4.69, 9.17) is 14.1 Å². The molecule has 8 nitrogen and oxygen atoms in total. The number of hydrogen-bond donors (Lipinski definition) is 0. The molecule has 1 aromatic carbocycles. The van der Waals surface area contributed by atoms with Gasteiger partial charge in [-0.15, -0.1) is 0 Å². The highest BCUT2D eigenvalue weighted by molar-refractivity contribution is 14.2. The first kappa shape index (κ1) is 32.7. The highest BCUT2D eigenvalue weighted by Gasteiger charge is 2.34. The summed E-state index contributed by atoms with van der Waals surface area (Å²) in [6.45, 7) is 10.2. The molecule has 204 valence electrons. The molecular formula is C26H42IN2O6P. The van der Waals surface area contributed by atoms with Gasteiger partial charge in [0.15, 0.2) is 0 Å². The molecule has 10 heteroatoms. The van der Waals surface area contributed by atoms with Gasteiger partial charge >= 0.3 is 0 Å². The summed E-state index contributed by atoms with van der Waals surface area (Å²) < 4.78 is 15.2. The average molecular weight is 637 g/mol. The van der Waals surface area contributed by atoms with Crippen LogP contribution in [0.1, 0.15) is 58.4 Å². The molecule has 0 aliphatic carbocycles. The molecule has 2 unspecified atom stereocenters. The molecule has 0 bridgehead atoms. The van der Waals surface area contributed by atoms with Gasteiger partial charge in [0.25, 0.3) is 6.47 Å². The van der Waals surface area contributed by atoms with E-state index in [2.05, 4.69) is 59.7 Å². The van der Waals surface area contributed by atoms with E-state index in [1.807, 2.05) is 23.1 Å². The molecule has 36 heavy (non-hydrogen) atoms. The summed E-state index contributed by atoms with van der Waals surface area (Å²) in [5.41, 5.74) is 1.17. The van der Waals surface area contributed by atoms with Gasteiger partial charge in [0.2, 0.25) is 11.8 Å². The zero-order valence-electron chi connectivity index (χ0n) is 22.0. The quantitative estimate of drug-likeness (QED) is 0.147. The van der Waals surface area contributed by atoms with E-state index in [1.165, 1.54) is 12.7 Å². The molecule has 0 radical (unpaired) electrons. The van der Waals surface area contributed by atoms with Crippen molar-refractivity contribution in [2.45, 2.75) is 71.6 Å². The first-order valence-corrected chi connectivity index (χ1v) is 16.5. The van der Waals surface area contributed by atoms with Crippen molar-refractivity contribution in [3.63, 3.8) is 0 Å². The Morgan fingerprint density at radius 1 is 1.22 bits per heavy atom. The van der Waals surface area contributed by atoms with Crippen LogP contribution in [-0.4, -0.2) is 73.6 Å². The Balaban J connectivity index is 0.000000709. The summed E-state index contributed by atoms with van der Waals surface area (Å²) in [5, 5.41) is 0. The number of nitrogens with zero attached hydrogens (tertiary/aromatic N) is 2. The Hall–Kier alpha value is -1.29. The maximum absolute atomic E-state index is 12.6. The van der Waals surface area contributed by atoms with E-state index >= 15 is 0 Å². The van der Waals surface area contributed by atoms with E-state index in [9.17, 15) is 9.59 Å². The predicted octanol–water partition coefficient (Wildman–Crippen LogP) is 4.99. The molecular weight excluding hydrogens is 594 g/mol. The first-order chi connectivity index (χ1) is 17.3. The van der Waals surface area contributed by atoms with Crippen LogP contribution in [0.2, 0.25) is 0 Å². The number of likely N-dealkylation sites (tertiary alicyclic amines) is 2. The van der Waals surface area contributed by atoms with E-state index in [0.717, 1.165) is 38.1 Å². The molecule has 0 spiro atoms. The SMILES string of the molecule is CC(C)C.COC=O.O=C(CN1C(=O)CCC1CCCOCc1ccccc1)N1CC[C@@H](OPI)C1. The van der Waals surface area contributed by atoms with Crippen LogP contribution in [0.3, 0.4) is 0 Å². The Labute approximate surface area is 231 Å². The van der Waals surface area contributed by atoms with E-state index in [-0.39, 0.29) is 30.5 Å². The van der Waals surface area contributed by atoms with Gasteiger partial charge in [0.05, 0.1) is 26.3 Å². The largest absolute Gasteiger partial charge is 0.471 e. The molecule has 0 saturated carbocycles. The van der Waals surface area contributed by atoms with Gasteiger partial charge in [0.1, 0.15) is 6.54 Å². The molecule has 2 amide bonds. The minimum Gasteiger partial charge on any atom is -0.471 e. The number of carbonyl (C=O) groups excluding carboxylic acids is 3. The summed E-state index contributed by atoms with van der Waals surface area (Å²) >= 11 is 2.21. The number of carbonyl (C=O) groups is 3. The average Bonchev–Trinajstić information content (AvgIpc) is 3.47. The minimum atomic E-state index is 0.0449. The molecule has 2 aliphatic rings. The fourth-order valence-corrected chi connectivity index (χ4v) is 5.25. The topological polar surface area (TPSA) is 85.4 Å². The third-order valence-corrected chi connectivity index (χ3v) is 6.69. The van der Waals surface area contributed by atoms with Crippen LogP contribution >= 0.6 is 28.5 Å². The molecule has 0 N–H and O–H groups in total. The Bertz CT molecular complexity index is 752. The second-order valence-electron chi connectivity index (χ2n) is 9.40. The molecule has 0 aromatic heterocycles. The molecule has 2 heterocycles. The monoisotopic (exact) mass is 636 g/mol. The summed E-state index contributed by atoms with van der Waals surface area (Å²) in [4.78, 5) is 37.5. The van der Waals surface area contributed by atoms with Crippen LogP contribution in [0, 0.1) is 5.92 Å². The van der Waals surface area contributed by atoms with Gasteiger partial charge in [-0.1, -0.05) is 51.1 Å². The van der Waals surface area contributed by atoms with E-state index in [0.29, 0.717) is 39.1 Å².